The zero-order chi connectivity index (χ0) is 17.4. The van der Waals surface area contributed by atoms with Gasteiger partial charge in [0, 0.05) is 18.5 Å². The number of nitrogens with zero attached hydrogens (tertiary/aromatic N) is 3. The average Bonchev–Trinajstić information content (AvgIpc) is 3.53. The number of carbonyl (C=O) groups excluding carboxylic acids is 1. The quantitative estimate of drug-likeness (QED) is 0.842. The Morgan fingerprint density at radius 3 is 2.84 bits per heavy atom. The number of rotatable bonds is 6. The van der Waals surface area contributed by atoms with Crippen LogP contribution in [0.3, 0.4) is 0 Å². The van der Waals surface area contributed by atoms with Gasteiger partial charge in [0.2, 0.25) is 0 Å². The Bertz CT molecular complexity index is 780. The molecule has 7 heteroatoms. The Balaban J connectivity index is 1.59. The number of anilines is 1. The van der Waals surface area contributed by atoms with Crippen molar-refractivity contribution in [3.05, 3.63) is 29.6 Å². The zero-order valence-electron chi connectivity index (χ0n) is 14.2. The number of carbonyl (C=O) groups is 1. The normalized spacial score (nSPS) is 16.7. The summed E-state index contributed by atoms with van der Waals surface area (Å²) >= 11 is 0. The van der Waals surface area contributed by atoms with Crippen LogP contribution in [0.1, 0.15) is 43.0 Å². The molecule has 0 aliphatic heterocycles. The highest BCUT2D eigenvalue weighted by atomic mass is 16.5. The lowest BCUT2D eigenvalue weighted by molar-refractivity contribution is 0.185. The Morgan fingerprint density at radius 2 is 2.16 bits per heavy atom. The predicted molar refractivity (Wildman–Crippen MR) is 92.3 cm³/mol. The molecule has 1 aromatic heterocycles. The molecule has 2 saturated carbocycles. The molecule has 0 atom stereocenters. The van der Waals surface area contributed by atoms with Crippen LogP contribution in [0.4, 0.5) is 10.5 Å². The van der Waals surface area contributed by atoms with Crippen LogP contribution in [-0.2, 0) is 0 Å². The number of nitrogens with one attached hydrogen (secondary N) is 1. The van der Waals surface area contributed by atoms with E-state index in [1.807, 2.05) is 25.1 Å². The Kier molecular flexibility index (Phi) is 4.17. The smallest absolute Gasteiger partial charge is 0.322 e. The second-order valence-electron chi connectivity index (χ2n) is 6.86. The third kappa shape index (κ3) is 3.51. The number of aliphatic hydroxyl groups excluding tert-OH is 1. The first-order valence-corrected chi connectivity index (χ1v) is 8.79. The van der Waals surface area contributed by atoms with Crippen LogP contribution >= 0.6 is 0 Å². The summed E-state index contributed by atoms with van der Waals surface area (Å²) in [6.45, 7) is 2.28. The number of aryl methyl sites for hydroxylation is 1. The summed E-state index contributed by atoms with van der Waals surface area (Å²) in [5.74, 6) is 1.59. The number of amides is 2. The first-order chi connectivity index (χ1) is 12.2. The standard InChI is InChI=1S/C18H22N4O3/c1-11-2-7-15(19-18(24)22(8-9-23)13-5-6-13)14(10-11)17-20-16(21-25-17)12-3-4-12/h2,7,10,12-13,23H,3-6,8-9H2,1H3,(H,19,24). The summed E-state index contributed by atoms with van der Waals surface area (Å²) in [6.07, 6.45) is 4.19. The van der Waals surface area contributed by atoms with E-state index in [1.54, 1.807) is 4.90 Å². The van der Waals surface area contributed by atoms with E-state index < -0.39 is 0 Å². The summed E-state index contributed by atoms with van der Waals surface area (Å²) in [5, 5.41) is 16.2. The molecule has 132 valence electrons. The van der Waals surface area contributed by atoms with Crippen molar-refractivity contribution in [3.63, 3.8) is 0 Å². The van der Waals surface area contributed by atoms with Crippen molar-refractivity contribution in [1.82, 2.24) is 15.0 Å². The zero-order valence-corrected chi connectivity index (χ0v) is 14.2. The van der Waals surface area contributed by atoms with E-state index in [9.17, 15) is 9.90 Å². The lowest BCUT2D eigenvalue weighted by Crippen LogP contribution is -2.38. The molecule has 0 spiro atoms. The third-order valence-electron chi connectivity index (χ3n) is 4.62. The minimum atomic E-state index is -0.205. The average molecular weight is 342 g/mol. The molecule has 0 unspecified atom stereocenters. The maximum absolute atomic E-state index is 12.6. The number of hydrogen-bond donors (Lipinski definition) is 2. The van der Waals surface area contributed by atoms with Crippen LogP contribution in [0.5, 0.6) is 0 Å². The predicted octanol–water partition coefficient (Wildman–Crippen LogP) is 2.91. The number of benzene rings is 1. The summed E-state index contributed by atoms with van der Waals surface area (Å²) in [5.41, 5.74) is 2.42. The van der Waals surface area contributed by atoms with Gasteiger partial charge >= 0.3 is 6.03 Å². The molecule has 2 aliphatic carbocycles. The minimum Gasteiger partial charge on any atom is -0.395 e. The first-order valence-electron chi connectivity index (χ1n) is 8.79. The van der Waals surface area contributed by atoms with Crippen molar-refractivity contribution >= 4 is 11.7 Å². The Hall–Kier alpha value is -2.41. The van der Waals surface area contributed by atoms with Gasteiger partial charge in [-0.3, -0.25) is 0 Å². The van der Waals surface area contributed by atoms with Crippen molar-refractivity contribution < 1.29 is 14.4 Å². The maximum Gasteiger partial charge on any atom is 0.322 e. The molecule has 2 fully saturated rings. The SMILES string of the molecule is Cc1ccc(NC(=O)N(CCO)C2CC2)c(-c2nc(C3CC3)no2)c1. The molecule has 0 saturated heterocycles. The summed E-state index contributed by atoms with van der Waals surface area (Å²) < 4.78 is 5.43. The maximum atomic E-state index is 12.6. The van der Waals surface area contributed by atoms with Crippen LogP contribution in [0.25, 0.3) is 11.5 Å². The molecule has 1 heterocycles. The monoisotopic (exact) mass is 342 g/mol. The van der Waals surface area contributed by atoms with Gasteiger partial charge < -0.3 is 19.8 Å². The van der Waals surface area contributed by atoms with E-state index >= 15 is 0 Å². The third-order valence-corrected chi connectivity index (χ3v) is 4.62. The highest BCUT2D eigenvalue weighted by molar-refractivity contribution is 5.94. The summed E-state index contributed by atoms with van der Waals surface area (Å²) in [4.78, 5) is 18.8. The largest absolute Gasteiger partial charge is 0.395 e. The number of aliphatic hydroxyl groups is 1. The topological polar surface area (TPSA) is 91.5 Å². The van der Waals surface area contributed by atoms with E-state index in [-0.39, 0.29) is 18.7 Å². The molecule has 1 aromatic carbocycles. The summed E-state index contributed by atoms with van der Waals surface area (Å²) in [7, 11) is 0. The van der Waals surface area contributed by atoms with E-state index in [2.05, 4.69) is 15.5 Å². The van der Waals surface area contributed by atoms with Gasteiger partial charge in [0.25, 0.3) is 5.89 Å². The summed E-state index contributed by atoms with van der Waals surface area (Å²) in [6, 6.07) is 5.75. The van der Waals surface area contributed by atoms with Gasteiger partial charge in [0.05, 0.1) is 17.9 Å². The highest BCUT2D eigenvalue weighted by Crippen LogP contribution is 2.39. The van der Waals surface area contributed by atoms with E-state index in [0.717, 1.165) is 42.6 Å². The fraction of sp³-hybridized carbons (Fsp3) is 0.500. The molecule has 2 aromatic rings. The Morgan fingerprint density at radius 1 is 1.36 bits per heavy atom. The van der Waals surface area contributed by atoms with Crippen molar-refractivity contribution in [2.24, 2.45) is 0 Å². The van der Waals surface area contributed by atoms with Crippen molar-refractivity contribution in [2.75, 3.05) is 18.5 Å². The van der Waals surface area contributed by atoms with Gasteiger partial charge in [-0.1, -0.05) is 16.8 Å². The molecule has 2 aliphatic rings. The van der Waals surface area contributed by atoms with E-state index in [4.69, 9.17) is 4.52 Å². The van der Waals surface area contributed by atoms with Crippen molar-refractivity contribution in [1.29, 1.82) is 0 Å². The second kappa shape index (κ2) is 6.48. The molecule has 25 heavy (non-hydrogen) atoms. The lowest BCUT2D eigenvalue weighted by atomic mass is 10.1. The van der Waals surface area contributed by atoms with E-state index in [1.165, 1.54) is 0 Å². The van der Waals surface area contributed by atoms with Gasteiger partial charge in [0.15, 0.2) is 5.82 Å². The highest BCUT2D eigenvalue weighted by Gasteiger charge is 2.33. The molecular formula is C18H22N4O3. The van der Waals surface area contributed by atoms with Crippen LogP contribution in [0, 0.1) is 6.92 Å². The van der Waals surface area contributed by atoms with Gasteiger partial charge in [-0.25, -0.2) is 4.79 Å². The fourth-order valence-corrected chi connectivity index (χ4v) is 2.93. The first kappa shape index (κ1) is 16.1. The molecule has 7 nitrogen and oxygen atoms in total. The van der Waals surface area contributed by atoms with Gasteiger partial charge in [-0.05, 0) is 44.7 Å². The molecule has 2 N–H and O–H groups in total. The number of urea groups is 1. The van der Waals surface area contributed by atoms with Gasteiger partial charge in [-0.15, -0.1) is 0 Å². The van der Waals surface area contributed by atoms with E-state index in [0.29, 0.717) is 24.0 Å². The molecular weight excluding hydrogens is 320 g/mol. The number of aromatic nitrogens is 2. The molecule has 4 rings (SSSR count). The lowest BCUT2D eigenvalue weighted by Gasteiger charge is -2.22. The van der Waals surface area contributed by atoms with Crippen molar-refractivity contribution in [3.8, 4) is 11.5 Å². The van der Waals surface area contributed by atoms with Crippen LogP contribution in [-0.4, -0.2) is 45.4 Å². The van der Waals surface area contributed by atoms with Crippen molar-refractivity contribution in [2.45, 2.75) is 44.6 Å². The van der Waals surface area contributed by atoms with Gasteiger partial charge in [0.1, 0.15) is 0 Å². The fourth-order valence-electron chi connectivity index (χ4n) is 2.93. The number of hydrogen-bond acceptors (Lipinski definition) is 5. The molecule has 0 radical (unpaired) electrons. The van der Waals surface area contributed by atoms with Crippen LogP contribution in [0.15, 0.2) is 22.7 Å². The van der Waals surface area contributed by atoms with Crippen LogP contribution < -0.4 is 5.32 Å². The van der Waals surface area contributed by atoms with Gasteiger partial charge in [-0.2, -0.15) is 4.98 Å². The Labute approximate surface area is 146 Å². The second-order valence-corrected chi connectivity index (χ2v) is 6.86. The van der Waals surface area contributed by atoms with Crippen LogP contribution in [0.2, 0.25) is 0 Å². The minimum absolute atomic E-state index is 0.0426. The molecule has 2 amide bonds. The molecule has 0 bridgehead atoms.